The number of benzene rings is 2. The van der Waals surface area contributed by atoms with Crippen LogP contribution in [0.3, 0.4) is 0 Å². The van der Waals surface area contributed by atoms with Gasteiger partial charge in [-0.3, -0.25) is 0 Å². The molecule has 0 fully saturated rings. The van der Waals surface area contributed by atoms with Gasteiger partial charge in [0.15, 0.2) is 9.84 Å². The molecule has 4 nitrogen and oxygen atoms in total. The number of hydrogen-bond acceptors (Lipinski definition) is 4. The number of sulfone groups is 1. The van der Waals surface area contributed by atoms with Gasteiger partial charge in [-0.2, -0.15) is 13.2 Å². The van der Waals surface area contributed by atoms with E-state index in [1.165, 1.54) is 27.8 Å². The highest BCUT2D eigenvalue weighted by Crippen LogP contribution is 2.39. The number of aryl methyl sites for hydroxylation is 1. The first-order valence-electron chi connectivity index (χ1n) is 14.2. The number of unbranched alkanes of at least 4 members (excludes halogenated alkanes) is 3. The predicted octanol–water partition coefficient (Wildman–Crippen LogP) is 7.67. The number of fused-ring (bicyclic) bond motifs is 1. The second-order valence-corrected chi connectivity index (χ2v) is 12.8. The van der Waals surface area contributed by atoms with Gasteiger partial charge in [0.1, 0.15) is 5.75 Å². The first-order valence-corrected chi connectivity index (χ1v) is 16.0. The third-order valence-corrected chi connectivity index (χ3v) is 9.23. The number of nitrogens with zero attached hydrogens (tertiary/aromatic N) is 1. The molecule has 1 aliphatic carbocycles. The fraction of sp³-hybridized carbons (Fsp3) is 0.548. The van der Waals surface area contributed by atoms with Gasteiger partial charge in [-0.25, -0.2) is 8.42 Å². The summed E-state index contributed by atoms with van der Waals surface area (Å²) in [4.78, 5) is 2.18. The summed E-state index contributed by atoms with van der Waals surface area (Å²) < 4.78 is 60.8. The summed E-state index contributed by atoms with van der Waals surface area (Å²) in [5.41, 5.74) is 6.53. The summed E-state index contributed by atoms with van der Waals surface area (Å²) in [7, 11) is -3.68. The minimum atomic E-state index is -4.44. The fourth-order valence-electron chi connectivity index (χ4n) is 5.39. The van der Waals surface area contributed by atoms with E-state index < -0.39 is 28.2 Å². The van der Waals surface area contributed by atoms with Crippen LogP contribution < -0.4 is 0 Å². The van der Waals surface area contributed by atoms with Crippen molar-refractivity contribution < 1.29 is 26.7 Å². The molecule has 0 unspecified atom stereocenters. The van der Waals surface area contributed by atoms with Gasteiger partial charge in [0.25, 0.3) is 0 Å². The quantitative estimate of drug-likeness (QED) is 0.225. The molecular formula is C31H42F3NO3S. The van der Waals surface area contributed by atoms with Gasteiger partial charge in [0.2, 0.25) is 0 Å². The molecule has 0 heterocycles. The van der Waals surface area contributed by atoms with Gasteiger partial charge in [-0.05, 0) is 105 Å². The Balaban J connectivity index is 1.48. The summed E-state index contributed by atoms with van der Waals surface area (Å²) in [5, 5.41) is 10.0. The number of alkyl halides is 3. The van der Waals surface area contributed by atoms with Crippen LogP contribution in [0.15, 0.2) is 48.5 Å². The van der Waals surface area contributed by atoms with Crippen LogP contribution >= 0.6 is 0 Å². The van der Waals surface area contributed by atoms with Crippen molar-refractivity contribution in [1.29, 1.82) is 0 Å². The van der Waals surface area contributed by atoms with Crippen molar-refractivity contribution in [3.63, 3.8) is 0 Å². The number of aromatic hydroxyl groups is 1. The molecule has 0 radical (unpaired) electrons. The highest BCUT2D eigenvalue weighted by atomic mass is 32.2. The third kappa shape index (κ3) is 10.6. The maximum Gasteiger partial charge on any atom is 0.390 e. The molecule has 8 heteroatoms. The lowest BCUT2D eigenvalue weighted by atomic mass is 9.89. The molecule has 0 spiro atoms. The molecule has 216 valence electrons. The van der Waals surface area contributed by atoms with Gasteiger partial charge in [0, 0.05) is 0 Å². The van der Waals surface area contributed by atoms with E-state index in [1.807, 2.05) is 19.1 Å². The molecule has 2 aromatic rings. The molecule has 2 aromatic carbocycles. The van der Waals surface area contributed by atoms with E-state index in [0.29, 0.717) is 18.7 Å². The van der Waals surface area contributed by atoms with Crippen LogP contribution in [0, 0.1) is 0 Å². The van der Waals surface area contributed by atoms with E-state index in [0.717, 1.165) is 64.5 Å². The zero-order valence-corrected chi connectivity index (χ0v) is 23.8. The van der Waals surface area contributed by atoms with Gasteiger partial charge in [0.05, 0.1) is 17.9 Å². The Morgan fingerprint density at radius 3 is 2.33 bits per heavy atom. The lowest BCUT2D eigenvalue weighted by molar-refractivity contribution is -0.129. The van der Waals surface area contributed by atoms with Crippen molar-refractivity contribution >= 4 is 21.0 Å². The Morgan fingerprint density at radius 2 is 1.62 bits per heavy atom. The van der Waals surface area contributed by atoms with Gasteiger partial charge in [-0.1, -0.05) is 56.2 Å². The monoisotopic (exact) mass is 565 g/mol. The lowest BCUT2D eigenvalue weighted by Gasteiger charge is -2.20. The Hall–Kier alpha value is -2.32. The van der Waals surface area contributed by atoms with E-state index in [9.17, 15) is 26.7 Å². The molecule has 3 rings (SSSR count). The van der Waals surface area contributed by atoms with E-state index in [2.05, 4.69) is 35.2 Å². The summed E-state index contributed by atoms with van der Waals surface area (Å²) in [6, 6.07) is 16.3. The SMILES string of the molecule is CCN(CCCCCCC1=C(c2ccccc2)CCCc2cc(O)ccc21)CCCS(=O)(=O)CCC(F)(F)F. The zero-order valence-electron chi connectivity index (χ0n) is 23.0. The Kier molecular flexibility index (Phi) is 11.9. The Bertz CT molecular complexity index is 1180. The summed E-state index contributed by atoms with van der Waals surface area (Å²) in [6.45, 7) is 4.26. The van der Waals surface area contributed by atoms with Crippen molar-refractivity contribution in [3.05, 3.63) is 65.2 Å². The van der Waals surface area contributed by atoms with Crippen LogP contribution in [0.2, 0.25) is 0 Å². The largest absolute Gasteiger partial charge is 0.508 e. The highest BCUT2D eigenvalue weighted by molar-refractivity contribution is 7.91. The van der Waals surface area contributed by atoms with Gasteiger partial charge >= 0.3 is 6.18 Å². The summed E-state index contributed by atoms with van der Waals surface area (Å²) >= 11 is 0. The number of rotatable bonds is 15. The van der Waals surface area contributed by atoms with E-state index in [1.54, 1.807) is 6.07 Å². The lowest BCUT2D eigenvalue weighted by Crippen LogP contribution is -2.28. The average Bonchev–Trinajstić information content (AvgIpc) is 3.07. The second kappa shape index (κ2) is 14.9. The maximum absolute atomic E-state index is 12.3. The van der Waals surface area contributed by atoms with Crippen LogP contribution in [-0.4, -0.2) is 55.7 Å². The normalized spacial score (nSPS) is 14.5. The standard InChI is InChI=1S/C31H42F3NO3S/c1-2-35(21-11-22-39(37,38)23-19-31(32,33)34)20-9-4-3-8-15-30-28(25-12-6-5-7-13-25)16-10-14-26-24-27(36)17-18-29(26)30/h5-7,12-13,17-18,24,36H,2-4,8-11,14-16,19-23H2,1H3. The van der Waals surface area contributed by atoms with Crippen molar-refractivity contribution in [2.45, 2.75) is 77.3 Å². The van der Waals surface area contributed by atoms with Crippen molar-refractivity contribution in [2.24, 2.45) is 0 Å². The number of hydrogen-bond donors (Lipinski definition) is 1. The van der Waals surface area contributed by atoms with Crippen LogP contribution in [0.1, 0.15) is 81.4 Å². The molecular weight excluding hydrogens is 523 g/mol. The van der Waals surface area contributed by atoms with E-state index in [-0.39, 0.29) is 5.75 Å². The number of halogens is 3. The van der Waals surface area contributed by atoms with E-state index >= 15 is 0 Å². The van der Waals surface area contributed by atoms with E-state index in [4.69, 9.17) is 0 Å². The van der Waals surface area contributed by atoms with Gasteiger partial charge < -0.3 is 10.0 Å². The molecule has 0 aliphatic heterocycles. The van der Waals surface area contributed by atoms with Crippen LogP contribution in [0.4, 0.5) is 13.2 Å². The minimum Gasteiger partial charge on any atom is -0.508 e. The topological polar surface area (TPSA) is 57.6 Å². The molecule has 39 heavy (non-hydrogen) atoms. The second-order valence-electron chi connectivity index (χ2n) is 10.5. The first-order chi connectivity index (χ1) is 18.6. The Morgan fingerprint density at radius 1 is 0.897 bits per heavy atom. The number of phenolic OH excluding ortho intramolecular Hbond substituents is 1. The molecule has 1 N–H and O–H groups in total. The number of phenols is 1. The van der Waals surface area contributed by atoms with Crippen molar-refractivity contribution in [2.75, 3.05) is 31.1 Å². The van der Waals surface area contributed by atoms with Gasteiger partial charge in [-0.15, -0.1) is 0 Å². The Labute approximate surface area is 231 Å². The molecule has 0 bridgehead atoms. The van der Waals surface area contributed by atoms with Crippen LogP contribution in [-0.2, 0) is 16.3 Å². The third-order valence-electron chi connectivity index (χ3n) is 7.50. The van der Waals surface area contributed by atoms with Crippen LogP contribution in [0.5, 0.6) is 5.75 Å². The molecule has 0 saturated carbocycles. The van der Waals surface area contributed by atoms with Crippen molar-refractivity contribution in [1.82, 2.24) is 4.90 Å². The number of allylic oxidation sites excluding steroid dienone is 2. The van der Waals surface area contributed by atoms with Crippen LogP contribution in [0.25, 0.3) is 11.1 Å². The minimum absolute atomic E-state index is 0.197. The first kappa shape index (κ1) is 31.2. The average molecular weight is 566 g/mol. The smallest absolute Gasteiger partial charge is 0.390 e. The maximum atomic E-state index is 12.3. The molecule has 0 aromatic heterocycles. The molecule has 0 saturated heterocycles. The molecule has 0 amide bonds. The summed E-state index contributed by atoms with van der Waals surface area (Å²) in [6.07, 6.45) is 2.88. The highest BCUT2D eigenvalue weighted by Gasteiger charge is 2.29. The molecule has 1 aliphatic rings. The summed E-state index contributed by atoms with van der Waals surface area (Å²) in [5.74, 6) is -0.704. The predicted molar refractivity (Wildman–Crippen MR) is 153 cm³/mol. The fourth-order valence-corrected chi connectivity index (χ4v) is 6.71. The van der Waals surface area contributed by atoms with Crippen molar-refractivity contribution in [3.8, 4) is 5.75 Å². The molecule has 0 atom stereocenters. The zero-order chi connectivity index (χ0) is 28.3.